The van der Waals surface area contributed by atoms with Gasteiger partial charge in [-0.1, -0.05) is 0 Å². The first-order chi connectivity index (χ1) is 9.47. The fourth-order valence-electron chi connectivity index (χ4n) is 1.84. The largest absolute Gasteiger partial charge is 0.454 e. The molecule has 0 unspecified atom stereocenters. The lowest BCUT2D eigenvalue weighted by atomic mass is 10.3. The van der Waals surface area contributed by atoms with E-state index in [0.717, 1.165) is 0 Å². The number of nitrogens with zero attached hydrogens (tertiary/aromatic N) is 1. The molecule has 0 saturated heterocycles. The highest BCUT2D eigenvalue weighted by molar-refractivity contribution is 7.84. The standard InChI is InChI=1S/C13H18N2O4S/c1-9(7-20(3)17)15(2)13(16)14-10-4-5-11-12(6-10)19-8-18-11/h4-6,9H,7-8H2,1-3H3,(H,14,16)/t9-,20+/m1/s1. The van der Waals surface area contributed by atoms with Gasteiger partial charge in [0.15, 0.2) is 11.5 Å². The summed E-state index contributed by atoms with van der Waals surface area (Å²) in [6, 6.07) is 4.87. The van der Waals surface area contributed by atoms with Crippen molar-refractivity contribution in [3.05, 3.63) is 18.2 Å². The molecule has 7 heteroatoms. The molecule has 1 aliphatic heterocycles. The van der Waals surface area contributed by atoms with Crippen LogP contribution in [0.25, 0.3) is 0 Å². The topological polar surface area (TPSA) is 67.9 Å². The number of hydrogen-bond acceptors (Lipinski definition) is 4. The molecule has 1 heterocycles. The van der Waals surface area contributed by atoms with Crippen molar-refractivity contribution < 1.29 is 18.5 Å². The van der Waals surface area contributed by atoms with Crippen molar-refractivity contribution in [2.24, 2.45) is 0 Å². The maximum Gasteiger partial charge on any atom is 0.321 e. The summed E-state index contributed by atoms with van der Waals surface area (Å²) in [7, 11) is 0.743. The summed E-state index contributed by atoms with van der Waals surface area (Å²) >= 11 is 0. The van der Waals surface area contributed by atoms with Crippen molar-refractivity contribution in [1.82, 2.24) is 4.90 Å². The van der Waals surface area contributed by atoms with Crippen LogP contribution in [0.2, 0.25) is 0 Å². The zero-order chi connectivity index (χ0) is 14.7. The molecule has 6 nitrogen and oxygen atoms in total. The number of ether oxygens (including phenoxy) is 2. The Hall–Kier alpha value is -1.76. The molecule has 1 aromatic carbocycles. The van der Waals surface area contributed by atoms with Crippen LogP contribution in [0.3, 0.4) is 0 Å². The number of carbonyl (C=O) groups is 1. The summed E-state index contributed by atoms with van der Waals surface area (Å²) in [5.74, 6) is 1.74. The van der Waals surface area contributed by atoms with Gasteiger partial charge in [0.05, 0.1) is 0 Å². The van der Waals surface area contributed by atoms with Crippen LogP contribution in [0.15, 0.2) is 18.2 Å². The van der Waals surface area contributed by atoms with E-state index in [2.05, 4.69) is 5.32 Å². The number of rotatable bonds is 4. The molecular weight excluding hydrogens is 280 g/mol. The molecule has 0 aliphatic carbocycles. The second-order valence-corrected chi connectivity index (χ2v) is 6.18. The molecule has 1 aromatic rings. The average Bonchev–Trinajstić information content (AvgIpc) is 2.84. The van der Waals surface area contributed by atoms with Crippen molar-refractivity contribution in [2.75, 3.05) is 31.2 Å². The number of carbonyl (C=O) groups excluding carboxylic acids is 1. The smallest absolute Gasteiger partial charge is 0.321 e. The van der Waals surface area contributed by atoms with E-state index in [9.17, 15) is 9.00 Å². The van der Waals surface area contributed by atoms with Gasteiger partial charge >= 0.3 is 6.03 Å². The molecule has 2 atom stereocenters. The van der Waals surface area contributed by atoms with E-state index in [-0.39, 0.29) is 18.9 Å². The highest BCUT2D eigenvalue weighted by Gasteiger charge is 2.18. The Morgan fingerprint density at radius 3 is 2.85 bits per heavy atom. The van der Waals surface area contributed by atoms with Crippen molar-refractivity contribution in [2.45, 2.75) is 13.0 Å². The molecule has 110 valence electrons. The predicted molar refractivity (Wildman–Crippen MR) is 77.7 cm³/mol. The van der Waals surface area contributed by atoms with Crippen LogP contribution < -0.4 is 14.8 Å². The maximum absolute atomic E-state index is 12.1. The minimum absolute atomic E-state index is 0.102. The van der Waals surface area contributed by atoms with Crippen LogP contribution in [-0.2, 0) is 10.8 Å². The van der Waals surface area contributed by atoms with Crippen molar-refractivity contribution in [3.8, 4) is 11.5 Å². The Morgan fingerprint density at radius 1 is 1.45 bits per heavy atom. The molecule has 1 aliphatic rings. The van der Waals surface area contributed by atoms with Crippen molar-refractivity contribution in [3.63, 3.8) is 0 Å². The van der Waals surface area contributed by atoms with Crippen LogP contribution >= 0.6 is 0 Å². The predicted octanol–water partition coefficient (Wildman–Crippen LogP) is 1.65. The molecule has 0 aromatic heterocycles. The zero-order valence-electron chi connectivity index (χ0n) is 11.7. The third-order valence-electron chi connectivity index (χ3n) is 3.08. The molecule has 0 bridgehead atoms. The second kappa shape index (κ2) is 6.13. The summed E-state index contributed by atoms with van der Waals surface area (Å²) in [5.41, 5.74) is 0.635. The first kappa shape index (κ1) is 14.6. The summed E-state index contributed by atoms with van der Waals surface area (Å²) in [4.78, 5) is 13.6. The van der Waals surface area contributed by atoms with Crippen LogP contribution in [0, 0.1) is 0 Å². The Bertz CT molecular complexity index is 535. The molecule has 1 N–H and O–H groups in total. The molecule has 0 fully saturated rings. The average molecular weight is 298 g/mol. The fourth-order valence-corrected chi connectivity index (χ4v) is 2.74. The minimum Gasteiger partial charge on any atom is -0.454 e. The summed E-state index contributed by atoms with van der Waals surface area (Å²) in [6.07, 6.45) is 1.63. The van der Waals surface area contributed by atoms with Gasteiger partial charge in [0.25, 0.3) is 0 Å². The Labute approximate surface area is 120 Å². The van der Waals surface area contributed by atoms with Gasteiger partial charge in [-0.25, -0.2) is 4.79 Å². The zero-order valence-corrected chi connectivity index (χ0v) is 12.5. The van der Waals surface area contributed by atoms with Crippen LogP contribution in [0.1, 0.15) is 6.92 Å². The second-order valence-electron chi connectivity index (χ2n) is 4.70. The van der Waals surface area contributed by atoms with E-state index in [0.29, 0.717) is 22.9 Å². The summed E-state index contributed by atoms with van der Waals surface area (Å²) < 4.78 is 21.7. The fraction of sp³-hybridized carbons (Fsp3) is 0.462. The SMILES string of the molecule is C[C@H](C[S@](C)=O)N(C)C(=O)Nc1ccc2c(c1)OCO2. The minimum atomic E-state index is -0.937. The number of hydrogen-bond donors (Lipinski definition) is 1. The van der Waals surface area contributed by atoms with E-state index < -0.39 is 10.8 Å². The van der Waals surface area contributed by atoms with Gasteiger partial charge in [0.1, 0.15) is 0 Å². The van der Waals surface area contributed by atoms with Gasteiger partial charge in [-0.3, -0.25) is 4.21 Å². The molecule has 0 spiro atoms. The first-order valence-corrected chi connectivity index (χ1v) is 7.93. The number of fused-ring (bicyclic) bond motifs is 1. The van der Waals surface area contributed by atoms with Crippen molar-refractivity contribution in [1.29, 1.82) is 0 Å². The highest BCUT2D eigenvalue weighted by Crippen LogP contribution is 2.34. The third kappa shape index (κ3) is 3.41. The number of benzene rings is 1. The Kier molecular flexibility index (Phi) is 4.49. The maximum atomic E-state index is 12.1. The van der Waals surface area contributed by atoms with E-state index in [1.165, 1.54) is 4.90 Å². The lowest BCUT2D eigenvalue weighted by Gasteiger charge is -2.24. The highest BCUT2D eigenvalue weighted by atomic mass is 32.2. The van der Waals surface area contributed by atoms with E-state index >= 15 is 0 Å². The molecule has 2 amide bonds. The lowest BCUT2D eigenvalue weighted by molar-refractivity contribution is 0.174. The molecule has 20 heavy (non-hydrogen) atoms. The molecule has 2 rings (SSSR count). The van der Waals surface area contributed by atoms with Gasteiger partial charge in [0, 0.05) is 47.7 Å². The van der Waals surface area contributed by atoms with Gasteiger partial charge in [-0.05, 0) is 19.1 Å². The first-order valence-electron chi connectivity index (χ1n) is 6.21. The number of nitrogens with one attached hydrogen (secondary N) is 1. The summed E-state index contributed by atoms with van der Waals surface area (Å²) in [5, 5.41) is 2.78. The number of amides is 2. The quantitative estimate of drug-likeness (QED) is 0.917. The monoisotopic (exact) mass is 298 g/mol. The van der Waals surface area contributed by atoms with E-state index in [1.54, 1.807) is 31.5 Å². The molecule has 0 saturated carbocycles. The molecular formula is C13H18N2O4S. The van der Waals surface area contributed by atoms with Crippen molar-refractivity contribution >= 4 is 22.5 Å². The Morgan fingerprint density at radius 2 is 2.15 bits per heavy atom. The van der Waals surface area contributed by atoms with E-state index in [1.807, 2.05) is 6.92 Å². The number of anilines is 1. The number of urea groups is 1. The summed E-state index contributed by atoms with van der Waals surface area (Å²) in [6.45, 7) is 2.06. The van der Waals surface area contributed by atoms with Gasteiger partial charge < -0.3 is 19.7 Å². The third-order valence-corrected chi connectivity index (χ3v) is 4.03. The lowest BCUT2D eigenvalue weighted by Crippen LogP contribution is -2.40. The van der Waals surface area contributed by atoms with Crippen LogP contribution in [0.5, 0.6) is 11.5 Å². The molecule has 0 radical (unpaired) electrons. The van der Waals surface area contributed by atoms with E-state index in [4.69, 9.17) is 9.47 Å². The van der Waals surface area contributed by atoms with Gasteiger partial charge in [-0.2, -0.15) is 0 Å². The van der Waals surface area contributed by atoms with Gasteiger partial charge in [0.2, 0.25) is 6.79 Å². The van der Waals surface area contributed by atoms with Crippen LogP contribution in [-0.4, -0.2) is 47.0 Å². The Balaban J connectivity index is 1.98. The van der Waals surface area contributed by atoms with Crippen LogP contribution in [0.4, 0.5) is 10.5 Å². The van der Waals surface area contributed by atoms with Gasteiger partial charge in [-0.15, -0.1) is 0 Å². The normalized spacial score (nSPS) is 15.6.